The Bertz CT molecular complexity index is 952. The van der Waals surface area contributed by atoms with Crippen LogP contribution in [0.1, 0.15) is 67.2 Å². The molecule has 0 aromatic rings. The van der Waals surface area contributed by atoms with Gasteiger partial charge in [-0.05, 0) is 59.3 Å². The summed E-state index contributed by atoms with van der Waals surface area (Å²) in [6.07, 6.45) is 10.6. The molecule has 8 heteroatoms. The van der Waals surface area contributed by atoms with Crippen molar-refractivity contribution in [3.63, 3.8) is 0 Å². The normalized spacial score (nSPS) is 36.8. The Morgan fingerprint density at radius 1 is 1.08 bits per heavy atom. The molecule has 2 saturated heterocycles. The minimum atomic E-state index is -1.34. The molecule has 2 fully saturated rings. The van der Waals surface area contributed by atoms with Gasteiger partial charge in [0.05, 0.1) is 30.8 Å². The molecule has 0 radical (unpaired) electrons. The van der Waals surface area contributed by atoms with Gasteiger partial charge in [-0.15, -0.1) is 0 Å². The maximum absolute atomic E-state index is 14.3. The van der Waals surface area contributed by atoms with Crippen molar-refractivity contribution in [2.45, 2.75) is 96.1 Å². The fraction of sp³-hybridized carbons (Fsp3) is 0.750. The molecule has 0 aromatic carbocycles. The van der Waals surface area contributed by atoms with Crippen molar-refractivity contribution < 1.29 is 29.0 Å². The Hall–Kier alpha value is -2.19. The number of cyclic esters (lactones) is 1. The van der Waals surface area contributed by atoms with Gasteiger partial charge in [-0.2, -0.15) is 0 Å². The summed E-state index contributed by atoms with van der Waals surface area (Å²) in [7, 11) is 0. The van der Waals surface area contributed by atoms with Crippen LogP contribution >= 0.6 is 0 Å². The molecule has 0 aromatic heterocycles. The number of rotatable bonds is 4. The molecule has 4 rings (SSSR count). The monoisotopic (exact) mass is 502 g/mol. The van der Waals surface area contributed by atoms with Crippen LogP contribution in [0.25, 0.3) is 0 Å². The minimum Gasteiger partial charge on any atom is -0.465 e. The maximum Gasteiger partial charge on any atom is 0.313 e. The van der Waals surface area contributed by atoms with Gasteiger partial charge >= 0.3 is 5.97 Å². The van der Waals surface area contributed by atoms with E-state index in [0.717, 1.165) is 19.3 Å². The predicted molar refractivity (Wildman–Crippen MR) is 135 cm³/mol. The van der Waals surface area contributed by atoms with Gasteiger partial charge in [-0.25, -0.2) is 0 Å². The smallest absolute Gasteiger partial charge is 0.313 e. The maximum atomic E-state index is 14.3. The minimum absolute atomic E-state index is 0.189. The second kappa shape index (κ2) is 9.60. The molecule has 200 valence electrons. The molecule has 1 spiro atoms. The lowest BCUT2D eigenvalue weighted by molar-refractivity contribution is -0.163. The zero-order chi connectivity index (χ0) is 26.5. The lowest BCUT2D eigenvalue weighted by atomic mass is 9.74. The van der Waals surface area contributed by atoms with Gasteiger partial charge < -0.3 is 24.4 Å². The summed E-state index contributed by atoms with van der Waals surface area (Å²) < 4.78 is 12.5. The van der Waals surface area contributed by atoms with E-state index < -0.39 is 46.6 Å². The Morgan fingerprint density at radius 2 is 1.81 bits per heavy atom. The van der Waals surface area contributed by atoms with Gasteiger partial charge in [0, 0.05) is 12.1 Å². The third-order valence-electron chi connectivity index (χ3n) is 8.10. The van der Waals surface area contributed by atoms with Crippen LogP contribution in [0.4, 0.5) is 0 Å². The summed E-state index contributed by atoms with van der Waals surface area (Å²) in [5.74, 6) is -2.66. The Kier molecular flexibility index (Phi) is 7.16. The number of ether oxygens (including phenoxy) is 2. The van der Waals surface area contributed by atoms with Gasteiger partial charge in [0.15, 0.2) is 0 Å². The molecular formula is C28H42N2O6. The molecule has 36 heavy (non-hydrogen) atoms. The average Bonchev–Trinajstić information content (AvgIpc) is 3.11. The zero-order valence-corrected chi connectivity index (χ0v) is 22.5. The largest absolute Gasteiger partial charge is 0.465 e. The number of aliphatic hydroxyl groups excluding tert-OH is 1. The molecule has 2 amide bonds. The van der Waals surface area contributed by atoms with Crippen LogP contribution in [-0.4, -0.2) is 81.3 Å². The van der Waals surface area contributed by atoms with Gasteiger partial charge in [0.2, 0.25) is 11.8 Å². The number of fused-ring (bicyclic) bond motifs is 2. The van der Waals surface area contributed by atoms with E-state index in [4.69, 9.17) is 9.47 Å². The lowest BCUT2D eigenvalue weighted by Crippen LogP contribution is -2.61. The molecule has 0 bridgehead atoms. The van der Waals surface area contributed by atoms with Crippen molar-refractivity contribution >= 4 is 17.8 Å². The number of aliphatic hydroxyl groups is 1. The topological polar surface area (TPSA) is 96.4 Å². The molecule has 0 aliphatic carbocycles. The number of hydrogen-bond donors (Lipinski definition) is 1. The highest BCUT2D eigenvalue weighted by Gasteiger charge is 2.75. The number of nitrogens with zero attached hydrogens (tertiary/aromatic N) is 2. The van der Waals surface area contributed by atoms with Crippen molar-refractivity contribution in [1.82, 2.24) is 9.80 Å². The Labute approximate surface area is 214 Å². The number of allylic oxidation sites excluding steroid dienone is 1. The summed E-state index contributed by atoms with van der Waals surface area (Å²) in [5.41, 5.74) is -2.94. The molecule has 1 N–H and O–H groups in total. The van der Waals surface area contributed by atoms with E-state index in [1.54, 1.807) is 4.90 Å². The van der Waals surface area contributed by atoms with E-state index in [2.05, 4.69) is 0 Å². The van der Waals surface area contributed by atoms with Crippen molar-refractivity contribution in [3.05, 3.63) is 24.3 Å². The summed E-state index contributed by atoms with van der Waals surface area (Å²) in [6, 6.07) is -1.55. The first-order chi connectivity index (χ1) is 16.9. The van der Waals surface area contributed by atoms with Crippen LogP contribution < -0.4 is 0 Å². The number of esters is 1. The Morgan fingerprint density at radius 3 is 2.44 bits per heavy atom. The highest BCUT2D eigenvalue weighted by molar-refractivity contribution is 5.99. The summed E-state index contributed by atoms with van der Waals surface area (Å²) in [6.45, 7) is 12.1. The fourth-order valence-electron chi connectivity index (χ4n) is 6.55. The van der Waals surface area contributed by atoms with Crippen LogP contribution in [0.2, 0.25) is 0 Å². The van der Waals surface area contributed by atoms with Crippen molar-refractivity contribution in [2.24, 2.45) is 17.8 Å². The average molecular weight is 503 g/mol. The number of amides is 2. The molecule has 4 heterocycles. The standard InChI is InChI=1S/C28H42N2O6/c1-18(2)16-19(17-31)30-22-24(33)29(26(3,4)5)14-11-13-28(22)20(23(30)32)21-25(34)35-15-10-8-7-9-12-27(21,6)36-28/h9,11-13,18-22,31H,7-8,10,14-17H2,1-6H3/b12-9-/t19-,20+,21-,22?,27+,28+/m1/s1. The summed E-state index contributed by atoms with van der Waals surface area (Å²) in [5, 5.41) is 10.4. The Balaban J connectivity index is 1.91. The van der Waals surface area contributed by atoms with Gasteiger partial charge in [-0.1, -0.05) is 38.2 Å². The number of likely N-dealkylation sites (tertiary alicyclic amines) is 1. The predicted octanol–water partition coefficient (Wildman–Crippen LogP) is 2.84. The summed E-state index contributed by atoms with van der Waals surface area (Å²) >= 11 is 0. The first-order valence-electron chi connectivity index (χ1n) is 13.3. The molecular weight excluding hydrogens is 460 g/mol. The number of carbonyl (C=O) groups is 3. The molecule has 8 nitrogen and oxygen atoms in total. The van der Waals surface area contributed by atoms with Crippen LogP contribution in [0, 0.1) is 17.8 Å². The van der Waals surface area contributed by atoms with E-state index in [1.807, 2.05) is 65.8 Å². The number of hydrogen-bond acceptors (Lipinski definition) is 6. The highest BCUT2D eigenvalue weighted by Crippen LogP contribution is 2.57. The molecule has 4 aliphatic heterocycles. The van der Waals surface area contributed by atoms with Crippen LogP contribution in [0.5, 0.6) is 0 Å². The number of carbonyl (C=O) groups excluding carboxylic acids is 3. The van der Waals surface area contributed by atoms with E-state index in [1.165, 1.54) is 4.90 Å². The SMILES string of the molecule is CC(C)C[C@H](CO)N1C(=O)[C@@H]2[C@@H]3C(=O)OCCCC/C=C\[C@]3(C)O[C@@]23C=CCN(C(C)(C)C)C(=O)C13. The van der Waals surface area contributed by atoms with E-state index in [-0.39, 0.29) is 24.3 Å². The highest BCUT2D eigenvalue weighted by atomic mass is 16.6. The third kappa shape index (κ3) is 4.30. The second-order valence-electron chi connectivity index (χ2n) is 12.3. The summed E-state index contributed by atoms with van der Waals surface area (Å²) in [4.78, 5) is 45.5. The molecule has 6 atom stereocenters. The second-order valence-corrected chi connectivity index (χ2v) is 12.3. The molecule has 0 saturated carbocycles. The van der Waals surface area contributed by atoms with Crippen LogP contribution in [-0.2, 0) is 23.9 Å². The quantitative estimate of drug-likeness (QED) is 0.469. The van der Waals surface area contributed by atoms with Crippen LogP contribution in [0.15, 0.2) is 24.3 Å². The zero-order valence-electron chi connectivity index (χ0n) is 22.5. The van der Waals surface area contributed by atoms with E-state index in [0.29, 0.717) is 19.6 Å². The van der Waals surface area contributed by atoms with Crippen molar-refractivity contribution in [3.8, 4) is 0 Å². The lowest BCUT2D eigenvalue weighted by Gasteiger charge is -2.43. The first kappa shape index (κ1) is 26.9. The van der Waals surface area contributed by atoms with Crippen LogP contribution in [0.3, 0.4) is 0 Å². The first-order valence-corrected chi connectivity index (χ1v) is 13.3. The third-order valence-corrected chi connectivity index (χ3v) is 8.10. The molecule has 1 unspecified atom stereocenters. The van der Waals surface area contributed by atoms with E-state index in [9.17, 15) is 19.5 Å². The van der Waals surface area contributed by atoms with Gasteiger partial charge in [-0.3, -0.25) is 14.4 Å². The molecule has 4 aliphatic rings. The van der Waals surface area contributed by atoms with Gasteiger partial charge in [0.25, 0.3) is 0 Å². The van der Waals surface area contributed by atoms with Crippen molar-refractivity contribution in [1.29, 1.82) is 0 Å². The fourth-order valence-corrected chi connectivity index (χ4v) is 6.55. The van der Waals surface area contributed by atoms with Crippen molar-refractivity contribution in [2.75, 3.05) is 19.8 Å². The van der Waals surface area contributed by atoms with Gasteiger partial charge in [0.1, 0.15) is 17.6 Å². The van der Waals surface area contributed by atoms with E-state index >= 15 is 0 Å².